The highest BCUT2D eigenvalue weighted by Gasteiger charge is 2.22. The van der Waals surface area contributed by atoms with Crippen LogP contribution in [0.5, 0.6) is 11.5 Å². The average molecular weight is 420 g/mol. The van der Waals surface area contributed by atoms with Crippen molar-refractivity contribution in [2.75, 3.05) is 13.2 Å². The summed E-state index contributed by atoms with van der Waals surface area (Å²) in [6.45, 7) is 5.60. The molecule has 1 aliphatic heterocycles. The highest BCUT2D eigenvalue weighted by molar-refractivity contribution is 5.78. The van der Waals surface area contributed by atoms with Crippen molar-refractivity contribution in [2.45, 2.75) is 39.3 Å². The van der Waals surface area contributed by atoms with Gasteiger partial charge in [0.1, 0.15) is 19.0 Å². The quantitative estimate of drug-likeness (QED) is 0.597. The number of imidazole rings is 1. The molecule has 0 spiro atoms. The molecule has 162 valence electrons. The number of benzene rings is 2. The van der Waals surface area contributed by atoms with Crippen LogP contribution in [0.3, 0.4) is 0 Å². The van der Waals surface area contributed by atoms with Crippen LogP contribution < -0.4 is 14.8 Å². The lowest BCUT2D eigenvalue weighted by Gasteiger charge is -2.24. The molecule has 0 aliphatic carbocycles. The number of rotatable bonds is 8. The first-order valence-electron chi connectivity index (χ1n) is 10.8. The maximum atomic E-state index is 13.1. The molecule has 0 unspecified atom stereocenters. The molecule has 0 fully saturated rings. The van der Waals surface area contributed by atoms with E-state index in [4.69, 9.17) is 9.47 Å². The number of hydrogen-bond acceptors (Lipinski definition) is 4. The fraction of sp³-hybridized carbons (Fsp3) is 0.360. The molecular weight excluding hydrogens is 390 g/mol. The van der Waals surface area contributed by atoms with Crippen LogP contribution >= 0.6 is 0 Å². The largest absolute Gasteiger partial charge is 0.486 e. The van der Waals surface area contributed by atoms with Crippen LogP contribution in [0, 0.1) is 12.8 Å². The van der Waals surface area contributed by atoms with Crippen molar-refractivity contribution in [3.63, 3.8) is 0 Å². The van der Waals surface area contributed by atoms with Crippen LogP contribution in [0.2, 0.25) is 0 Å². The third-order valence-electron chi connectivity index (χ3n) is 5.69. The molecule has 31 heavy (non-hydrogen) atoms. The molecule has 1 aromatic heterocycles. The van der Waals surface area contributed by atoms with Gasteiger partial charge >= 0.3 is 0 Å². The number of carbonyl (C=O) groups is 1. The molecule has 4 rings (SSSR count). The Morgan fingerprint density at radius 2 is 1.90 bits per heavy atom. The summed E-state index contributed by atoms with van der Waals surface area (Å²) in [5, 5.41) is 3.27. The van der Waals surface area contributed by atoms with Gasteiger partial charge in [-0.1, -0.05) is 43.3 Å². The minimum Gasteiger partial charge on any atom is -0.486 e. The smallest absolute Gasteiger partial charge is 0.225 e. The van der Waals surface area contributed by atoms with Gasteiger partial charge in [-0.15, -0.1) is 0 Å². The van der Waals surface area contributed by atoms with Crippen molar-refractivity contribution in [2.24, 2.45) is 5.92 Å². The molecule has 6 heteroatoms. The number of carbonyl (C=O) groups excluding carboxylic acids is 1. The van der Waals surface area contributed by atoms with Crippen molar-refractivity contribution in [1.29, 1.82) is 0 Å². The minimum absolute atomic E-state index is 0.0288. The number of aromatic nitrogens is 2. The average Bonchev–Trinajstić information content (AvgIpc) is 3.21. The molecule has 6 nitrogen and oxygen atoms in total. The van der Waals surface area contributed by atoms with Crippen LogP contribution in [-0.4, -0.2) is 28.7 Å². The van der Waals surface area contributed by atoms with Crippen molar-refractivity contribution in [3.05, 3.63) is 77.9 Å². The standard InChI is InChI=1S/C25H29N3O3/c1-18(17-28-13-12-26-19(28)2)25(29)27-22(10-8-20-6-4-3-5-7-20)21-9-11-23-24(16-21)31-15-14-30-23/h3-7,9,11-13,16,18,22H,8,10,14-15,17H2,1-2H3,(H,27,29)/t18-,22+/m1/s1. The van der Waals surface area contributed by atoms with Crippen LogP contribution in [0.1, 0.15) is 36.3 Å². The number of aryl methyl sites for hydroxylation is 2. The molecule has 3 aromatic rings. The van der Waals surface area contributed by atoms with Crippen LogP contribution in [0.15, 0.2) is 60.9 Å². The Hall–Kier alpha value is -3.28. The zero-order valence-corrected chi connectivity index (χ0v) is 18.1. The first kappa shape index (κ1) is 21.0. The lowest BCUT2D eigenvalue weighted by molar-refractivity contribution is -0.125. The summed E-state index contributed by atoms with van der Waals surface area (Å²) in [7, 11) is 0. The summed E-state index contributed by atoms with van der Waals surface area (Å²) in [5.74, 6) is 2.26. The fourth-order valence-electron chi connectivity index (χ4n) is 3.84. The van der Waals surface area contributed by atoms with Crippen molar-refractivity contribution >= 4 is 5.91 Å². The van der Waals surface area contributed by atoms with E-state index in [1.165, 1.54) is 5.56 Å². The Morgan fingerprint density at radius 3 is 2.65 bits per heavy atom. The molecular formula is C25H29N3O3. The van der Waals surface area contributed by atoms with Gasteiger partial charge in [0.2, 0.25) is 5.91 Å². The Bertz CT molecular complexity index is 1020. The van der Waals surface area contributed by atoms with Gasteiger partial charge in [-0.3, -0.25) is 4.79 Å². The van der Waals surface area contributed by atoms with Crippen molar-refractivity contribution < 1.29 is 14.3 Å². The van der Waals surface area contributed by atoms with Gasteiger partial charge < -0.3 is 19.4 Å². The third kappa shape index (κ3) is 5.26. The van der Waals surface area contributed by atoms with Crippen LogP contribution in [0.25, 0.3) is 0 Å². The van der Waals surface area contributed by atoms with E-state index in [1.807, 2.05) is 61.0 Å². The van der Waals surface area contributed by atoms with E-state index in [1.54, 1.807) is 6.20 Å². The SMILES string of the molecule is Cc1nccn1C[C@@H](C)C(=O)N[C@@H](CCc1ccccc1)c1ccc2c(c1)OCCO2. The van der Waals surface area contributed by atoms with E-state index in [0.29, 0.717) is 19.8 Å². The lowest BCUT2D eigenvalue weighted by atomic mass is 9.97. The summed E-state index contributed by atoms with van der Waals surface area (Å²) in [6.07, 6.45) is 5.34. The Kier molecular flexibility index (Phi) is 6.55. The van der Waals surface area contributed by atoms with Crippen molar-refractivity contribution in [1.82, 2.24) is 14.9 Å². The Balaban J connectivity index is 1.50. The lowest BCUT2D eigenvalue weighted by Crippen LogP contribution is -2.35. The second kappa shape index (κ2) is 9.69. The van der Waals surface area contributed by atoms with Gasteiger partial charge in [-0.25, -0.2) is 4.98 Å². The predicted molar refractivity (Wildman–Crippen MR) is 119 cm³/mol. The zero-order chi connectivity index (χ0) is 21.6. The first-order chi connectivity index (χ1) is 15.1. The number of hydrogen-bond donors (Lipinski definition) is 1. The molecule has 0 saturated carbocycles. The molecule has 0 radical (unpaired) electrons. The highest BCUT2D eigenvalue weighted by atomic mass is 16.6. The number of nitrogens with zero attached hydrogens (tertiary/aromatic N) is 2. The summed E-state index contributed by atoms with van der Waals surface area (Å²) in [6, 6.07) is 16.2. The maximum Gasteiger partial charge on any atom is 0.225 e. The van der Waals surface area contributed by atoms with E-state index >= 15 is 0 Å². The number of ether oxygens (including phenoxy) is 2. The Morgan fingerprint density at radius 1 is 1.13 bits per heavy atom. The van der Waals surface area contributed by atoms with Crippen LogP contribution in [-0.2, 0) is 17.8 Å². The molecule has 2 aromatic carbocycles. The van der Waals surface area contributed by atoms with E-state index in [2.05, 4.69) is 22.4 Å². The first-order valence-corrected chi connectivity index (χ1v) is 10.8. The monoisotopic (exact) mass is 419 g/mol. The second-order valence-electron chi connectivity index (χ2n) is 8.02. The molecule has 2 heterocycles. The van der Waals surface area contributed by atoms with E-state index in [0.717, 1.165) is 35.7 Å². The highest BCUT2D eigenvalue weighted by Crippen LogP contribution is 2.33. The van der Waals surface area contributed by atoms with Gasteiger partial charge in [0.15, 0.2) is 11.5 Å². The molecule has 2 atom stereocenters. The van der Waals surface area contributed by atoms with Gasteiger partial charge in [0.25, 0.3) is 0 Å². The normalized spacial score (nSPS) is 14.6. The number of amides is 1. The zero-order valence-electron chi connectivity index (χ0n) is 18.1. The van der Waals surface area contributed by atoms with E-state index in [9.17, 15) is 4.79 Å². The topological polar surface area (TPSA) is 65.4 Å². The maximum absolute atomic E-state index is 13.1. The summed E-state index contributed by atoms with van der Waals surface area (Å²) >= 11 is 0. The molecule has 0 bridgehead atoms. The fourth-order valence-corrected chi connectivity index (χ4v) is 3.84. The molecule has 1 N–H and O–H groups in total. The minimum atomic E-state index is -0.177. The van der Waals surface area contributed by atoms with Gasteiger partial charge in [0, 0.05) is 18.9 Å². The van der Waals surface area contributed by atoms with Crippen LogP contribution in [0.4, 0.5) is 0 Å². The molecule has 1 aliphatic rings. The van der Waals surface area contributed by atoms with Gasteiger partial charge in [0.05, 0.1) is 12.0 Å². The van der Waals surface area contributed by atoms with Gasteiger partial charge in [-0.05, 0) is 43.0 Å². The van der Waals surface area contributed by atoms with Crippen molar-refractivity contribution in [3.8, 4) is 11.5 Å². The van der Waals surface area contributed by atoms with Gasteiger partial charge in [-0.2, -0.15) is 0 Å². The molecule has 1 amide bonds. The summed E-state index contributed by atoms with van der Waals surface area (Å²) < 4.78 is 13.4. The Labute approximate surface area is 183 Å². The number of fused-ring (bicyclic) bond motifs is 1. The summed E-state index contributed by atoms with van der Waals surface area (Å²) in [5.41, 5.74) is 2.28. The second-order valence-corrected chi connectivity index (χ2v) is 8.02. The third-order valence-corrected chi connectivity index (χ3v) is 5.69. The molecule has 0 saturated heterocycles. The number of nitrogens with one attached hydrogen (secondary N) is 1. The van der Waals surface area contributed by atoms with E-state index < -0.39 is 0 Å². The summed E-state index contributed by atoms with van der Waals surface area (Å²) in [4.78, 5) is 17.3. The van der Waals surface area contributed by atoms with E-state index in [-0.39, 0.29) is 17.9 Å². The predicted octanol–water partition coefficient (Wildman–Crippen LogP) is 4.09.